The summed E-state index contributed by atoms with van der Waals surface area (Å²) in [4.78, 5) is 31.4. The van der Waals surface area contributed by atoms with Gasteiger partial charge in [0.25, 0.3) is 0 Å². The van der Waals surface area contributed by atoms with Crippen molar-refractivity contribution in [2.75, 3.05) is 19.0 Å². The van der Waals surface area contributed by atoms with Gasteiger partial charge in [-0.2, -0.15) is 0 Å². The van der Waals surface area contributed by atoms with E-state index in [2.05, 4.69) is 10.3 Å². The Morgan fingerprint density at radius 3 is 2.41 bits per heavy atom. The molecule has 0 fully saturated rings. The van der Waals surface area contributed by atoms with E-state index < -0.39 is 17.9 Å². The number of aromatic nitrogens is 1. The molecule has 2 amide bonds. The number of ether oxygens (including phenoxy) is 1. The fourth-order valence-corrected chi connectivity index (χ4v) is 4.76. The number of hydrogen-bond acceptors (Lipinski definition) is 3. The number of nitrogens with zero attached hydrogens (tertiary/aromatic N) is 1. The van der Waals surface area contributed by atoms with Gasteiger partial charge < -0.3 is 19.9 Å². The average molecular weight is 494 g/mol. The minimum Gasteiger partial charge on any atom is -0.497 e. The maximum Gasteiger partial charge on any atom is 0.313 e. The van der Waals surface area contributed by atoms with Crippen LogP contribution < -0.4 is 10.1 Å². The summed E-state index contributed by atoms with van der Waals surface area (Å²) < 4.78 is 5.30. The molecule has 1 unspecified atom stereocenters. The zero-order chi connectivity index (χ0) is 23.8. The van der Waals surface area contributed by atoms with E-state index in [0.29, 0.717) is 34.4 Å². The summed E-state index contributed by atoms with van der Waals surface area (Å²) in [7, 11) is 1.60. The summed E-state index contributed by atoms with van der Waals surface area (Å²) in [5.41, 5.74) is 4.28. The second-order valence-electron chi connectivity index (χ2n) is 8.09. The lowest BCUT2D eigenvalue weighted by Crippen LogP contribution is -2.45. The molecule has 8 heteroatoms. The topological polar surface area (TPSA) is 74.4 Å². The summed E-state index contributed by atoms with van der Waals surface area (Å²) in [6, 6.07) is 19.4. The van der Waals surface area contributed by atoms with Gasteiger partial charge in [0.05, 0.1) is 13.2 Å². The zero-order valence-electron chi connectivity index (χ0n) is 18.3. The van der Waals surface area contributed by atoms with Gasteiger partial charge in [0, 0.05) is 38.9 Å². The second kappa shape index (κ2) is 9.05. The second-order valence-corrected chi connectivity index (χ2v) is 8.97. The molecule has 172 valence electrons. The average Bonchev–Trinajstić information content (AvgIpc) is 3.22. The number of nitrogens with one attached hydrogen (secondary N) is 2. The van der Waals surface area contributed by atoms with Crippen LogP contribution in [-0.2, 0) is 16.0 Å². The molecule has 6 nitrogen and oxygen atoms in total. The first-order valence-corrected chi connectivity index (χ1v) is 11.5. The molecule has 0 saturated carbocycles. The van der Waals surface area contributed by atoms with E-state index >= 15 is 0 Å². The van der Waals surface area contributed by atoms with Gasteiger partial charge in [0.15, 0.2) is 0 Å². The van der Waals surface area contributed by atoms with Gasteiger partial charge in [-0.15, -0.1) is 0 Å². The van der Waals surface area contributed by atoms with Gasteiger partial charge in [-0.3, -0.25) is 9.59 Å². The van der Waals surface area contributed by atoms with Crippen LogP contribution in [0.15, 0.2) is 66.7 Å². The highest BCUT2D eigenvalue weighted by molar-refractivity contribution is 6.39. The standard InChI is InChI=1S/C26H21Cl2N3O3/c1-34-19-9-2-15(3-10-19)24-23-20(21-14-17(28)6-11-22(21)30-23)12-13-31(24)26(33)25(32)29-18-7-4-16(27)5-8-18/h2-11,14,24,30H,12-13H2,1H3,(H,29,32). The lowest BCUT2D eigenvalue weighted by atomic mass is 9.92. The van der Waals surface area contributed by atoms with Gasteiger partial charge in [0.1, 0.15) is 5.75 Å². The molecule has 34 heavy (non-hydrogen) atoms. The third kappa shape index (κ3) is 4.11. The first-order valence-electron chi connectivity index (χ1n) is 10.8. The fourth-order valence-electron chi connectivity index (χ4n) is 4.46. The van der Waals surface area contributed by atoms with Crippen molar-refractivity contribution < 1.29 is 14.3 Å². The number of methoxy groups -OCH3 is 1. The first-order chi connectivity index (χ1) is 16.4. The van der Waals surface area contributed by atoms with Crippen LogP contribution in [0.3, 0.4) is 0 Å². The number of halogens is 2. The maximum atomic E-state index is 13.4. The summed E-state index contributed by atoms with van der Waals surface area (Å²) in [5, 5.41) is 4.90. The Kier molecular flexibility index (Phi) is 5.94. The van der Waals surface area contributed by atoms with E-state index in [9.17, 15) is 9.59 Å². The Labute approximate surface area is 206 Å². The van der Waals surface area contributed by atoms with E-state index in [0.717, 1.165) is 27.7 Å². The van der Waals surface area contributed by atoms with E-state index in [1.54, 1.807) is 36.3 Å². The molecule has 0 saturated heterocycles. The van der Waals surface area contributed by atoms with Crippen LogP contribution in [0.25, 0.3) is 10.9 Å². The van der Waals surface area contributed by atoms with Gasteiger partial charge in [-0.25, -0.2) is 0 Å². The highest BCUT2D eigenvalue weighted by Gasteiger charge is 2.37. The lowest BCUT2D eigenvalue weighted by molar-refractivity contribution is -0.144. The van der Waals surface area contributed by atoms with E-state index in [1.165, 1.54) is 0 Å². The van der Waals surface area contributed by atoms with Crippen molar-refractivity contribution in [3.63, 3.8) is 0 Å². The van der Waals surface area contributed by atoms with E-state index in [4.69, 9.17) is 27.9 Å². The van der Waals surface area contributed by atoms with Crippen molar-refractivity contribution in [2.24, 2.45) is 0 Å². The van der Waals surface area contributed by atoms with Crippen LogP contribution in [0.4, 0.5) is 5.69 Å². The largest absolute Gasteiger partial charge is 0.497 e. The molecule has 1 aliphatic heterocycles. The predicted octanol–water partition coefficient (Wildman–Crippen LogP) is 5.60. The van der Waals surface area contributed by atoms with Crippen molar-refractivity contribution >= 4 is 51.6 Å². The van der Waals surface area contributed by atoms with Crippen molar-refractivity contribution in [2.45, 2.75) is 12.5 Å². The number of fused-ring (bicyclic) bond motifs is 3. The van der Waals surface area contributed by atoms with E-state index in [1.807, 2.05) is 42.5 Å². The van der Waals surface area contributed by atoms with Crippen LogP contribution in [0, 0.1) is 0 Å². The maximum absolute atomic E-state index is 13.4. The quantitative estimate of drug-likeness (QED) is 0.365. The molecule has 2 heterocycles. The van der Waals surface area contributed by atoms with Crippen molar-refractivity contribution in [3.8, 4) is 5.75 Å². The molecule has 2 N–H and O–H groups in total. The summed E-state index contributed by atoms with van der Waals surface area (Å²) >= 11 is 12.2. The summed E-state index contributed by atoms with van der Waals surface area (Å²) in [6.07, 6.45) is 0.599. The Balaban J connectivity index is 1.54. The number of rotatable bonds is 3. The lowest BCUT2D eigenvalue weighted by Gasteiger charge is -2.35. The monoisotopic (exact) mass is 493 g/mol. The molecular weight excluding hydrogens is 473 g/mol. The highest BCUT2D eigenvalue weighted by atomic mass is 35.5. The Bertz CT molecular complexity index is 1380. The van der Waals surface area contributed by atoms with Gasteiger partial charge in [-0.1, -0.05) is 35.3 Å². The van der Waals surface area contributed by atoms with Crippen LogP contribution in [0.2, 0.25) is 10.0 Å². The molecule has 0 bridgehead atoms. The van der Waals surface area contributed by atoms with Gasteiger partial charge in [-0.05, 0) is 72.1 Å². The van der Waals surface area contributed by atoms with Crippen molar-refractivity contribution in [1.29, 1.82) is 0 Å². The minimum absolute atomic E-state index is 0.385. The molecule has 0 spiro atoms. The van der Waals surface area contributed by atoms with Gasteiger partial charge >= 0.3 is 11.8 Å². The Hall–Kier alpha value is -3.48. The fraction of sp³-hybridized carbons (Fsp3) is 0.154. The van der Waals surface area contributed by atoms with Crippen LogP contribution >= 0.6 is 23.2 Å². The minimum atomic E-state index is -0.705. The van der Waals surface area contributed by atoms with Crippen molar-refractivity contribution in [3.05, 3.63) is 93.6 Å². The zero-order valence-corrected chi connectivity index (χ0v) is 19.8. The summed E-state index contributed by atoms with van der Waals surface area (Å²) in [5.74, 6) is -0.608. The van der Waals surface area contributed by atoms with E-state index in [-0.39, 0.29) is 0 Å². The Morgan fingerprint density at radius 2 is 1.71 bits per heavy atom. The predicted molar refractivity (Wildman–Crippen MR) is 134 cm³/mol. The number of anilines is 1. The number of carbonyl (C=O) groups is 2. The third-order valence-corrected chi connectivity index (χ3v) is 6.56. The normalized spacial score (nSPS) is 15.1. The van der Waals surface area contributed by atoms with Crippen LogP contribution in [0.5, 0.6) is 5.75 Å². The SMILES string of the molecule is COc1ccc(C2c3[nH]c4ccc(Cl)cc4c3CCN2C(=O)C(=O)Nc2ccc(Cl)cc2)cc1. The summed E-state index contributed by atoms with van der Waals surface area (Å²) in [6.45, 7) is 0.385. The van der Waals surface area contributed by atoms with Crippen LogP contribution in [-0.4, -0.2) is 35.4 Å². The van der Waals surface area contributed by atoms with Gasteiger partial charge in [0.2, 0.25) is 0 Å². The number of amides is 2. The smallest absolute Gasteiger partial charge is 0.313 e. The number of carbonyl (C=O) groups excluding carboxylic acids is 2. The molecule has 4 aromatic rings. The molecule has 0 aliphatic carbocycles. The molecule has 3 aromatic carbocycles. The molecule has 0 radical (unpaired) electrons. The van der Waals surface area contributed by atoms with Crippen molar-refractivity contribution in [1.82, 2.24) is 9.88 Å². The highest BCUT2D eigenvalue weighted by Crippen LogP contribution is 2.39. The number of hydrogen-bond donors (Lipinski definition) is 2. The number of benzene rings is 3. The Morgan fingerprint density at radius 1 is 1.00 bits per heavy atom. The molecule has 5 rings (SSSR count). The molecule has 1 aliphatic rings. The molecule has 1 aromatic heterocycles. The first kappa shape index (κ1) is 22.3. The van der Waals surface area contributed by atoms with Crippen LogP contribution in [0.1, 0.15) is 22.9 Å². The molecular formula is C26H21Cl2N3O3. The number of aromatic amines is 1. The molecule has 1 atom stereocenters. The third-order valence-electron chi connectivity index (χ3n) is 6.08. The number of H-pyrrole nitrogens is 1.